The van der Waals surface area contributed by atoms with E-state index in [0.29, 0.717) is 6.54 Å². The number of nitrogens with one attached hydrogen (secondary N) is 1. The van der Waals surface area contributed by atoms with Crippen LogP contribution in [-0.2, 0) is 9.59 Å². The van der Waals surface area contributed by atoms with Crippen LogP contribution in [0.2, 0.25) is 0 Å². The van der Waals surface area contributed by atoms with Gasteiger partial charge in [-0.3, -0.25) is 9.59 Å². The molecule has 21 heavy (non-hydrogen) atoms. The number of thiocarbonyl (C=S) groups is 1. The third-order valence-corrected chi connectivity index (χ3v) is 3.63. The molecule has 0 aromatic heterocycles. The lowest BCUT2D eigenvalue weighted by Crippen LogP contribution is -2.24. The molecular weight excluding hydrogens is 286 g/mol. The first-order valence-corrected chi connectivity index (χ1v) is 8.09. The standard InChI is InChI=1S/C16H27NO3S/c1-3-4-5-6-7-8-12-17-15(20)11-9-10-14(19)16(21)13(2)18/h9,11,13,18H,3-8,10,12H2,1-2H3,(H,17,20). The van der Waals surface area contributed by atoms with Gasteiger partial charge in [0.1, 0.15) is 0 Å². The Bertz CT molecular complexity index is 365. The van der Waals surface area contributed by atoms with E-state index >= 15 is 0 Å². The predicted molar refractivity (Wildman–Crippen MR) is 89.4 cm³/mol. The monoisotopic (exact) mass is 313 g/mol. The van der Waals surface area contributed by atoms with Crippen molar-refractivity contribution in [3.63, 3.8) is 0 Å². The van der Waals surface area contributed by atoms with Gasteiger partial charge in [0.25, 0.3) is 0 Å². The number of carbonyl (C=O) groups excluding carboxylic acids is 2. The Kier molecular flexibility index (Phi) is 12.0. The molecule has 0 bridgehead atoms. The molecule has 1 unspecified atom stereocenters. The summed E-state index contributed by atoms with van der Waals surface area (Å²) in [5, 5.41) is 11.9. The second-order valence-corrected chi connectivity index (χ2v) is 5.57. The summed E-state index contributed by atoms with van der Waals surface area (Å²) in [6.45, 7) is 4.30. The van der Waals surface area contributed by atoms with Crippen molar-refractivity contribution in [2.45, 2.75) is 64.9 Å². The Morgan fingerprint density at radius 2 is 1.81 bits per heavy atom. The molecule has 0 fully saturated rings. The zero-order valence-electron chi connectivity index (χ0n) is 13.1. The average molecular weight is 313 g/mol. The van der Waals surface area contributed by atoms with Crippen LogP contribution < -0.4 is 5.32 Å². The van der Waals surface area contributed by atoms with Gasteiger partial charge in [-0.05, 0) is 19.4 Å². The highest BCUT2D eigenvalue weighted by Crippen LogP contribution is 2.04. The van der Waals surface area contributed by atoms with E-state index < -0.39 is 6.10 Å². The molecule has 0 aliphatic heterocycles. The van der Waals surface area contributed by atoms with Crippen LogP contribution in [0, 0.1) is 0 Å². The minimum Gasteiger partial charge on any atom is -0.388 e. The van der Waals surface area contributed by atoms with Crippen molar-refractivity contribution in [1.82, 2.24) is 5.32 Å². The van der Waals surface area contributed by atoms with Crippen molar-refractivity contribution in [3.05, 3.63) is 12.2 Å². The first-order chi connectivity index (χ1) is 9.99. The Morgan fingerprint density at radius 3 is 2.43 bits per heavy atom. The van der Waals surface area contributed by atoms with Gasteiger partial charge in [-0.15, -0.1) is 0 Å². The smallest absolute Gasteiger partial charge is 0.243 e. The number of aliphatic hydroxyl groups excluding tert-OH is 1. The molecule has 0 aliphatic carbocycles. The highest BCUT2D eigenvalue weighted by Gasteiger charge is 2.12. The van der Waals surface area contributed by atoms with Crippen molar-refractivity contribution in [2.24, 2.45) is 0 Å². The first kappa shape index (κ1) is 19.9. The quantitative estimate of drug-likeness (QED) is 0.330. The molecule has 0 aromatic rings. The number of allylic oxidation sites excluding steroid dienone is 1. The Balaban J connectivity index is 3.68. The normalized spacial score (nSPS) is 12.3. The molecule has 0 saturated heterocycles. The summed E-state index contributed by atoms with van der Waals surface area (Å²) in [5.74, 6) is -0.515. The van der Waals surface area contributed by atoms with Gasteiger partial charge in [0.05, 0.1) is 11.0 Å². The lowest BCUT2D eigenvalue weighted by molar-refractivity contribution is -0.116. The maximum atomic E-state index is 11.5. The van der Waals surface area contributed by atoms with Gasteiger partial charge in [0.15, 0.2) is 5.78 Å². The van der Waals surface area contributed by atoms with E-state index in [1.165, 1.54) is 44.8 Å². The number of amides is 1. The highest BCUT2D eigenvalue weighted by molar-refractivity contribution is 7.82. The van der Waals surface area contributed by atoms with Gasteiger partial charge < -0.3 is 10.4 Å². The molecular formula is C16H27NO3S. The lowest BCUT2D eigenvalue weighted by Gasteiger charge is -2.03. The fraction of sp³-hybridized carbons (Fsp3) is 0.688. The zero-order chi connectivity index (χ0) is 16.1. The molecule has 4 nitrogen and oxygen atoms in total. The van der Waals surface area contributed by atoms with Crippen LogP contribution in [0.5, 0.6) is 0 Å². The molecule has 1 amide bonds. The van der Waals surface area contributed by atoms with Gasteiger partial charge in [0, 0.05) is 13.0 Å². The maximum absolute atomic E-state index is 11.5. The molecule has 0 aromatic carbocycles. The van der Waals surface area contributed by atoms with Crippen molar-refractivity contribution >= 4 is 28.8 Å². The summed E-state index contributed by atoms with van der Waals surface area (Å²) < 4.78 is 0. The topological polar surface area (TPSA) is 66.4 Å². The fourth-order valence-corrected chi connectivity index (χ4v) is 1.87. The molecule has 2 N–H and O–H groups in total. The third kappa shape index (κ3) is 11.3. The first-order valence-electron chi connectivity index (χ1n) is 7.68. The SMILES string of the molecule is CCCCCCCCNC(=O)C=CCC(=O)C(=S)C(C)O. The minimum absolute atomic E-state index is 0.00661. The van der Waals surface area contributed by atoms with Crippen molar-refractivity contribution in [3.8, 4) is 0 Å². The summed E-state index contributed by atoms with van der Waals surface area (Å²) in [6, 6.07) is 0. The average Bonchev–Trinajstić information content (AvgIpc) is 2.45. The largest absolute Gasteiger partial charge is 0.388 e. The van der Waals surface area contributed by atoms with Gasteiger partial charge in [-0.2, -0.15) is 0 Å². The Morgan fingerprint density at radius 1 is 1.19 bits per heavy atom. The summed E-state index contributed by atoms with van der Waals surface area (Å²) in [7, 11) is 0. The second kappa shape index (κ2) is 12.7. The number of rotatable bonds is 12. The molecule has 0 heterocycles. The molecule has 0 radical (unpaired) electrons. The molecule has 0 rings (SSSR count). The van der Waals surface area contributed by atoms with Crippen LogP contribution in [0.25, 0.3) is 0 Å². The van der Waals surface area contributed by atoms with Crippen molar-refractivity contribution < 1.29 is 14.7 Å². The van der Waals surface area contributed by atoms with Crippen LogP contribution in [0.1, 0.15) is 58.8 Å². The van der Waals surface area contributed by atoms with E-state index in [0.717, 1.165) is 12.8 Å². The number of ketones is 1. The van der Waals surface area contributed by atoms with Gasteiger partial charge in [-0.25, -0.2) is 0 Å². The maximum Gasteiger partial charge on any atom is 0.243 e. The van der Waals surface area contributed by atoms with E-state index in [9.17, 15) is 9.59 Å². The summed E-state index contributed by atoms with van der Waals surface area (Å²) in [5.41, 5.74) is 0. The highest BCUT2D eigenvalue weighted by atomic mass is 32.1. The number of aliphatic hydroxyl groups is 1. The molecule has 0 aliphatic rings. The predicted octanol–water partition coefficient (Wildman–Crippen LogP) is 2.73. The summed E-state index contributed by atoms with van der Waals surface area (Å²) in [4.78, 5) is 22.9. The second-order valence-electron chi connectivity index (χ2n) is 5.13. The van der Waals surface area contributed by atoms with Gasteiger partial charge in [-0.1, -0.05) is 57.3 Å². The molecule has 1 atom stereocenters. The van der Waals surface area contributed by atoms with Gasteiger partial charge >= 0.3 is 0 Å². The number of unbranched alkanes of at least 4 members (excludes halogenated alkanes) is 5. The van der Waals surface area contributed by atoms with Crippen LogP contribution in [0.3, 0.4) is 0 Å². The summed E-state index contributed by atoms with van der Waals surface area (Å²) >= 11 is 4.77. The summed E-state index contributed by atoms with van der Waals surface area (Å²) in [6.07, 6.45) is 9.06. The number of hydrogen-bond donors (Lipinski definition) is 2. The Labute approximate surface area is 133 Å². The molecule has 120 valence electrons. The van der Waals surface area contributed by atoms with E-state index in [1.54, 1.807) is 0 Å². The van der Waals surface area contributed by atoms with Crippen LogP contribution in [0.15, 0.2) is 12.2 Å². The van der Waals surface area contributed by atoms with Crippen LogP contribution in [0.4, 0.5) is 0 Å². The van der Waals surface area contributed by atoms with E-state index in [2.05, 4.69) is 12.2 Å². The van der Waals surface area contributed by atoms with E-state index in [1.807, 2.05) is 0 Å². The minimum atomic E-state index is -0.914. The fourth-order valence-electron chi connectivity index (χ4n) is 1.78. The lowest BCUT2D eigenvalue weighted by atomic mass is 10.1. The van der Waals surface area contributed by atoms with E-state index in [-0.39, 0.29) is 23.0 Å². The van der Waals surface area contributed by atoms with Crippen molar-refractivity contribution in [1.29, 1.82) is 0 Å². The molecule has 0 saturated carbocycles. The van der Waals surface area contributed by atoms with Crippen molar-refractivity contribution in [2.75, 3.05) is 6.54 Å². The molecule has 0 spiro atoms. The van der Waals surface area contributed by atoms with E-state index in [4.69, 9.17) is 17.3 Å². The van der Waals surface area contributed by atoms with Gasteiger partial charge in [0.2, 0.25) is 5.91 Å². The third-order valence-electron chi connectivity index (χ3n) is 3.06. The number of hydrogen-bond acceptors (Lipinski definition) is 4. The number of carbonyl (C=O) groups is 2. The molecule has 5 heteroatoms. The van der Waals surface area contributed by atoms with Crippen LogP contribution >= 0.6 is 12.2 Å². The number of Topliss-reactive ketones (excluding diaryl/α,β-unsaturated/α-hetero) is 1. The Hall–Kier alpha value is -1.07. The van der Waals surface area contributed by atoms with Crippen LogP contribution in [-0.4, -0.2) is 34.3 Å². The zero-order valence-corrected chi connectivity index (χ0v) is 13.9.